The van der Waals surface area contributed by atoms with E-state index in [1.165, 1.54) is 10.4 Å². The molecule has 2 aromatic carbocycles. The summed E-state index contributed by atoms with van der Waals surface area (Å²) in [7, 11) is -1.59. The number of rotatable bonds is 7. The Morgan fingerprint density at radius 2 is 1.50 bits per heavy atom. The van der Waals surface area contributed by atoms with Gasteiger partial charge in [-0.25, -0.2) is 0 Å². The van der Waals surface area contributed by atoms with Gasteiger partial charge in [-0.05, 0) is 30.1 Å². The summed E-state index contributed by atoms with van der Waals surface area (Å²) in [5.41, 5.74) is 0. The van der Waals surface area contributed by atoms with Crippen LogP contribution in [0.3, 0.4) is 0 Å². The smallest absolute Gasteiger partial charge is 0.240 e. The largest absolute Gasteiger partial charge is 0.408 e. The lowest BCUT2D eigenvalue weighted by Gasteiger charge is -2.22. The first-order valence-corrected chi connectivity index (χ1v) is 8.80. The molecule has 104 valence electrons. The monoisotopic (exact) mass is 282 g/mol. The van der Waals surface area contributed by atoms with Gasteiger partial charge >= 0.3 is 0 Å². The molecular weight excluding hydrogens is 260 g/mol. The van der Waals surface area contributed by atoms with Crippen molar-refractivity contribution in [3.63, 3.8) is 0 Å². The Bertz CT molecular complexity index is 470. The predicted octanol–water partition coefficient (Wildman–Crippen LogP) is 2.90. The summed E-state index contributed by atoms with van der Waals surface area (Å²) in [6.45, 7) is 5.95. The Morgan fingerprint density at radius 1 is 1.00 bits per heavy atom. The molecule has 2 aromatic rings. The minimum Gasteiger partial charge on any atom is -0.408 e. The van der Waals surface area contributed by atoms with Gasteiger partial charge in [0.1, 0.15) is 0 Å². The molecule has 0 spiro atoms. The number of benzene rings is 2. The van der Waals surface area contributed by atoms with E-state index < -0.39 is 9.04 Å². The van der Waals surface area contributed by atoms with Crippen LogP contribution in [0.4, 0.5) is 0 Å². The average molecular weight is 282 g/mol. The van der Waals surface area contributed by atoms with E-state index in [-0.39, 0.29) is 6.10 Å². The molecular formula is C18H22OSi. The molecule has 2 rings (SSSR count). The standard InChI is InChI=1S/C18H22OSi/c1-3-4-11-16(2)19-20(17-12-7-5-8-13-17)18-14-9-6-10-15-18/h3,5-10,12-16,20H,1,4,11H2,2H3. The lowest BCUT2D eigenvalue weighted by molar-refractivity contribution is 0.221. The Morgan fingerprint density at radius 3 is 1.95 bits per heavy atom. The van der Waals surface area contributed by atoms with E-state index in [2.05, 4.69) is 74.2 Å². The van der Waals surface area contributed by atoms with Crippen molar-refractivity contribution < 1.29 is 4.43 Å². The van der Waals surface area contributed by atoms with E-state index in [4.69, 9.17) is 4.43 Å². The molecule has 0 N–H and O–H groups in total. The number of allylic oxidation sites excluding steroid dienone is 1. The zero-order chi connectivity index (χ0) is 14.2. The van der Waals surface area contributed by atoms with E-state index in [0.717, 1.165) is 12.8 Å². The van der Waals surface area contributed by atoms with Crippen molar-refractivity contribution in [2.24, 2.45) is 0 Å². The SMILES string of the molecule is C=CCCC(C)O[SiH](c1ccccc1)c1ccccc1. The van der Waals surface area contributed by atoms with Gasteiger partial charge < -0.3 is 4.43 Å². The third kappa shape index (κ3) is 4.19. The minimum atomic E-state index is -1.59. The second-order valence-electron chi connectivity index (χ2n) is 5.01. The average Bonchev–Trinajstić information content (AvgIpc) is 2.52. The van der Waals surface area contributed by atoms with Crippen LogP contribution in [0.1, 0.15) is 19.8 Å². The van der Waals surface area contributed by atoms with Gasteiger partial charge in [0.05, 0.1) is 0 Å². The zero-order valence-corrected chi connectivity index (χ0v) is 13.2. The molecule has 0 aliphatic rings. The van der Waals surface area contributed by atoms with Crippen LogP contribution in [0.5, 0.6) is 0 Å². The van der Waals surface area contributed by atoms with Crippen LogP contribution >= 0.6 is 0 Å². The van der Waals surface area contributed by atoms with Gasteiger partial charge in [-0.15, -0.1) is 6.58 Å². The van der Waals surface area contributed by atoms with E-state index in [0.29, 0.717) is 0 Å². The van der Waals surface area contributed by atoms with Crippen molar-refractivity contribution in [1.82, 2.24) is 0 Å². The molecule has 20 heavy (non-hydrogen) atoms. The lowest BCUT2D eigenvalue weighted by Crippen LogP contribution is -2.46. The van der Waals surface area contributed by atoms with Crippen LogP contribution < -0.4 is 10.4 Å². The first-order valence-electron chi connectivity index (χ1n) is 7.17. The van der Waals surface area contributed by atoms with Crippen molar-refractivity contribution in [2.45, 2.75) is 25.9 Å². The number of hydrogen-bond acceptors (Lipinski definition) is 1. The highest BCUT2D eigenvalue weighted by atomic mass is 28.3. The Balaban J connectivity index is 2.19. The van der Waals surface area contributed by atoms with Crippen LogP contribution in [0.15, 0.2) is 73.3 Å². The predicted molar refractivity (Wildman–Crippen MR) is 89.3 cm³/mol. The molecule has 0 heterocycles. The van der Waals surface area contributed by atoms with Crippen molar-refractivity contribution in [2.75, 3.05) is 0 Å². The number of hydrogen-bond donors (Lipinski definition) is 0. The fraction of sp³-hybridized carbons (Fsp3) is 0.222. The van der Waals surface area contributed by atoms with E-state index in [1.54, 1.807) is 0 Å². The van der Waals surface area contributed by atoms with Gasteiger partial charge in [0.15, 0.2) is 0 Å². The van der Waals surface area contributed by atoms with Gasteiger partial charge in [-0.3, -0.25) is 0 Å². The van der Waals surface area contributed by atoms with Crippen LogP contribution in [-0.2, 0) is 4.43 Å². The zero-order valence-electron chi connectivity index (χ0n) is 12.0. The third-order valence-electron chi connectivity index (χ3n) is 3.35. The highest BCUT2D eigenvalue weighted by Crippen LogP contribution is 2.05. The van der Waals surface area contributed by atoms with Gasteiger partial charge in [-0.1, -0.05) is 66.7 Å². The van der Waals surface area contributed by atoms with Crippen molar-refractivity contribution in [3.8, 4) is 0 Å². The molecule has 0 aromatic heterocycles. The summed E-state index contributed by atoms with van der Waals surface area (Å²) >= 11 is 0. The van der Waals surface area contributed by atoms with E-state index >= 15 is 0 Å². The normalized spacial score (nSPS) is 12.3. The first-order chi connectivity index (χ1) is 9.81. The molecule has 0 saturated heterocycles. The molecule has 2 heteroatoms. The quantitative estimate of drug-likeness (QED) is 0.560. The summed E-state index contributed by atoms with van der Waals surface area (Å²) in [6.07, 6.45) is 4.27. The molecule has 0 saturated carbocycles. The molecule has 1 unspecified atom stereocenters. The fourth-order valence-electron chi connectivity index (χ4n) is 2.26. The van der Waals surface area contributed by atoms with Crippen LogP contribution in [0, 0.1) is 0 Å². The summed E-state index contributed by atoms with van der Waals surface area (Å²) in [5.74, 6) is 0. The summed E-state index contributed by atoms with van der Waals surface area (Å²) in [6, 6.07) is 21.2. The minimum absolute atomic E-state index is 0.269. The topological polar surface area (TPSA) is 9.23 Å². The molecule has 0 amide bonds. The Labute approximate surface area is 123 Å². The Hall–Kier alpha value is -1.64. The van der Waals surface area contributed by atoms with Crippen molar-refractivity contribution in [1.29, 1.82) is 0 Å². The molecule has 0 aliphatic heterocycles. The maximum Gasteiger partial charge on any atom is 0.240 e. The van der Waals surface area contributed by atoms with Gasteiger partial charge in [0, 0.05) is 6.10 Å². The Kier molecular flexibility index (Phi) is 5.78. The van der Waals surface area contributed by atoms with Crippen molar-refractivity contribution in [3.05, 3.63) is 73.3 Å². The second kappa shape index (κ2) is 7.83. The maximum absolute atomic E-state index is 6.42. The molecule has 1 atom stereocenters. The summed E-state index contributed by atoms with van der Waals surface area (Å²) in [4.78, 5) is 0. The van der Waals surface area contributed by atoms with Crippen LogP contribution in [-0.4, -0.2) is 15.1 Å². The summed E-state index contributed by atoms with van der Waals surface area (Å²) < 4.78 is 6.42. The van der Waals surface area contributed by atoms with Gasteiger partial charge in [-0.2, -0.15) is 0 Å². The maximum atomic E-state index is 6.42. The second-order valence-corrected chi connectivity index (χ2v) is 7.38. The lowest BCUT2D eigenvalue weighted by atomic mass is 10.2. The van der Waals surface area contributed by atoms with Gasteiger partial charge in [0.25, 0.3) is 0 Å². The molecule has 0 fully saturated rings. The molecule has 1 nitrogen and oxygen atoms in total. The summed E-state index contributed by atoms with van der Waals surface area (Å²) in [5, 5.41) is 2.67. The van der Waals surface area contributed by atoms with Crippen LogP contribution in [0.2, 0.25) is 0 Å². The van der Waals surface area contributed by atoms with Gasteiger partial charge in [0.2, 0.25) is 9.04 Å². The molecule has 0 radical (unpaired) electrons. The molecule has 0 aliphatic carbocycles. The van der Waals surface area contributed by atoms with E-state index in [9.17, 15) is 0 Å². The first kappa shape index (κ1) is 14.8. The van der Waals surface area contributed by atoms with E-state index in [1.807, 2.05) is 6.08 Å². The van der Waals surface area contributed by atoms with Crippen LogP contribution in [0.25, 0.3) is 0 Å². The molecule has 0 bridgehead atoms. The fourth-order valence-corrected chi connectivity index (χ4v) is 4.70. The third-order valence-corrected chi connectivity index (χ3v) is 6.07. The highest BCUT2D eigenvalue weighted by molar-refractivity contribution is 6.80. The highest BCUT2D eigenvalue weighted by Gasteiger charge is 2.19. The van der Waals surface area contributed by atoms with Crippen molar-refractivity contribution >= 4 is 19.4 Å².